The van der Waals surface area contributed by atoms with E-state index in [1.165, 1.54) is 0 Å². The maximum Gasteiger partial charge on any atom is 0.276 e. The third kappa shape index (κ3) is 3.42. The highest BCUT2D eigenvalue weighted by molar-refractivity contribution is 5.94. The van der Waals surface area contributed by atoms with Gasteiger partial charge in [-0.15, -0.1) is 0 Å². The largest absolute Gasteiger partial charge is 0.360 e. The third-order valence-electron chi connectivity index (χ3n) is 6.02. The van der Waals surface area contributed by atoms with Gasteiger partial charge in [0.15, 0.2) is 5.69 Å². The molecule has 7 heteroatoms. The van der Waals surface area contributed by atoms with Crippen molar-refractivity contribution in [2.24, 2.45) is 5.92 Å². The molecule has 0 aromatic carbocycles. The van der Waals surface area contributed by atoms with Crippen LogP contribution in [0, 0.1) is 19.8 Å². The van der Waals surface area contributed by atoms with Crippen LogP contribution in [0.1, 0.15) is 58.8 Å². The van der Waals surface area contributed by atoms with Crippen LogP contribution >= 0.6 is 0 Å². The number of hydrogen-bond donors (Lipinski definition) is 0. The van der Waals surface area contributed by atoms with Crippen LogP contribution in [0.2, 0.25) is 0 Å². The molecule has 0 bridgehead atoms. The molecule has 1 aliphatic heterocycles. The fourth-order valence-corrected chi connectivity index (χ4v) is 4.11. The Morgan fingerprint density at radius 2 is 1.96 bits per heavy atom. The van der Waals surface area contributed by atoms with Crippen molar-refractivity contribution in [3.63, 3.8) is 0 Å². The van der Waals surface area contributed by atoms with Crippen molar-refractivity contribution in [3.8, 4) is 0 Å². The molecule has 1 saturated heterocycles. The van der Waals surface area contributed by atoms with Gasteiger partial charge in [0.05, 0.1) is 6.33 Å². The van der Waals surface area contributed by atoms with Gasteiger partial charge in [-0.1, -0.05) is 5.16 Å². The molecular formula is C20H26N4O3. The number of aryl methyl sites for hydroxylation is 2. The van der Waals surface area contributed by atoms with E-state index < -0.39 is 0 Å². The highest BCUT2D eigenvalue weighted by Gasteiger charge is 2.30. The van der Waals surface area contributed by atoms with E-state index in [-0.39, 0.29) is 11.5 Å². The normalized spacial score (nSPS) is 17.8. The lowest BCUT2D eigenvalue weighted by Gasteiger charge is -2.32. The van der Waals surface area contributed by atoms with Gasteiger partial charge in [0.25, 0.3) is 11.5 Å². The van der Waals surface area contributed by atoms with Crippen LogP contribution in [0.5, 0.6) is 0 Å². The zero-order valence-corrected chi connectivity index (χ0v) is 16.0. The van der Waals surface area contributed by atoms with E-state index in [1.807, 2.05) is 18.7 Å². The summed E-state index contributed by atoms with van der Waals surface area (Å²) in [7, 11) is 0. The summed E-state index contributed by atoms with van der Waals surface area (Å²) in [4.78, 5) is 31.4. The fraction of sp³-hybridized carbons (Fsp3) is 0.600. The lowest BCUT2D eigenvalue weighted by atomic mass is 9.94. The average Bonchev–Trinajstić information content (AvgIpc) is 3.12. The van der Waals surface area contributed by atoms with Crippen LogP contribution in [-0.4, -0.2) is 38.6 Å². The molecule has 0 N–H and O–H groups in total. The molecular weight excluding hydrogens is 344 g/mol. The molecule has 0 radical (unpaired) electrons. The van der Waals surface area contributed by atoms with E-state index in [0.29, 0.717) is 36.8 Å². The topological polar surface area (TPSA) is 81.2 Å². The predicted molar refractivity (Wildman–Crippen MR) is 99.7 cm³/mol. The summed E-state index contributed by atoms with van der Waals surface area (Å²) in [6.45, 7) is 5.72. The van der Waals surface area contributed by atoms with Crippen molar-refractivity contribution in [1.82, 2.24) is 19.6 Å². The molecule has 3 heterocycles. The minimum atomic E-state index is -0.00892. The predicted octanol–water partition coefficient (Wildman–Crippen LogP) is 2.28. The van der Waals surface area contributed by atoms with Crippen molar-refractivity contribution < 1.29 is 9.32 Å². The van der Waals surface area contributed by atoms with Crippen molar-refractivity contribution >= 4 is 5.91 Å². The number of carbonyl (C=O) groups excluding carboxylic acids is 1. The van der Waals surface area contributed by atoms with Gasteiger partial charge in [0, 0.05) is 42.9 Å². The van der Waals surface area contributed by atoms with E-state index >= 15 is 0 Å². The number of likely N-dealkylation sites (tertiary alicyclic amines) is 1. The SMILES string of the molecule is Cc1ncn(CC2CCN(C(=O)c3noc4c3CCCC4)CC2)c(=O)c1C. The molecule has 2 aromatic rings. The minimum Gasteiger partial charge on any atom is -0.360 e. The van der Waals surface area contributed by atoms with E-state index in [9.17, 15) is 9.59 Å². The van der Waals surface area contributed by atoms with Crippen LogP contribution in [0.3, 0.4) is 0 Å². The maximum absolute atomic E-state index is 12.9. The summed E-state index contributed by atoms with van der Waals surface area (Å²) >= 11 is 0. The summed E-state index contributed by atoms with van der Waals surface area (Å²) in [5.74, 6) is 1.26. The molecule has 0 unspecified atom stereocenters. The number of nitrogens with zero attached hydrogens (tertiary/aromatic N) is 4. The van der Waals surface area contributed by atoms with Crippen molar-refractivity contribution in [1.29, 1.82) is 0 Å². The minimum absolute atomic E-state index is 0.00892. The highest BCUT2D eigenvalue weighted by Crippen LogP contribution is 2.27. The fourth-order valence-electron chi connectivity index (χ4n) is 4.11. The number of hydrogen-bond acceptors (Lipinski definition) is 5. The smallest absolute Gasteiger partial charge is 0.276 e. The maximum atomic E-state index is 12.9. The zero-order chi connectivity index (χ0) is 19.0. The van der Waals surface area contributed by atoms with Crippen LogP contribution in [0.25, 0.3) is 0 Å². The average molecular weight is 370 g/mol. The Hall–Kier alpha value is -2.44. The Morgan fingerprint density at radius 1 is 1.22 bits per heavy atom. The van der Waals surface area contributed by atoms with Gasteiger partial charge in [-0.3, -0.25) is 14.2 Å². The van der Waals surface area contributed by atoms with E-state index in [0.717, 1.165) is 55.5 Å². The number of amides is 1. The van der Waals surface area contributed by atoms with Crippen LogP contribution in [0.15, 0.2) is 15.6 Å². The second kappa shape index (κ2) is 7.29. The van der Waals surface area contributed by atoms with Crippen LogP contribution in [0.4, 0.5) is 0 Å². The van der Waals surface area contributed by atoms with Crippen molar-refractivity contribution in [2.75, 3.05) is 13.1 Å². The molecule has 0 atom stereocenters. The first-order valence-electron chi connectivity index (χ1n) is 9.84. The lowest BCUT2D eigenvalue weighted by Crippen LogP contribution is -2.40. The summed E-state index contributed by atoms with van der Waals surface area (Å²) in [6, 6.07) is 0. The molecule has 144 valence electrons. The number of carbonyl (C=O) groups is 1. The van der Waals surface area contributed by atoms with Crippen molar-refractivity contribution in [3.05, 3.63) is 45.0 Å². The van der Waals surface area contributed by atoms with Gasteiger partial charge in [-0.05, 0) is 51.9 Å². The van der Waals surface area contributed by atoms with E-state index in [2.05, 4.69) is 10.1 Å². The Bertz CT molecular complexity index is 906. The lowest BCUT2D eigenvalue weighted by molar-refractivity contribution is 0.0671. The molecule has 7 nitrogen and oxygen atoms in total. The first-order valence-corrected chi connectivity index (χ1v) is 9.84. The van der Waals surface area contributed by atoms with Gasteiger partial charge in [0.2, 0.25) is 0 Å². The Morgan fingerprint density at radius 3 is 2.74 bits per heavy atom. The second-order valence-corrected chi connectivity index (χ2v) is 7.79. The Labute approximate surface area is 158 Å². The Balaban J connectivity index is 1.39. The zero-order valence-electron chi connectivity index (χ0n) is 16.0. The van der Waals surface area contributed by atoms with Gasteiger partial charge < -0.3 is 9.42 Å². The molecule has 1 aliphatic carbocycles. The number of fused-ring (bicyclic) bond motifs is 1. The number of aromatic nitrogens is 3. The van der Waals surface area contributed by atoms with Crippen molar-refractivity contribution in [2.45, 2.75) is 58.9 Å². The molecule has 4 rings (SSSR count). The first kappa shape index (κ1) is 17.9. The quantitative estimate of drug-likeness (QED) is 0.828. The van der Waals surface area contributed by atoms with Gasteiger partial charge >= 0.3 is 0 Å². The molecule has 1 amide bonds. The monoisotopic (exact) mass is 370 g/mol. The van der Waals surface area contributed by atoms with Crippen LogP contribution < -0.4 is 5.56 Å². The second-order valence-electron chi connectivity index (χ2n) is 7.79. The standard InChI is InChI=1S/C20H26N4O3/c1-13-14(2)21-12-24(19(13)25)11-15-7-9-23(10-8-15)20(26)18-16-5-3-4-6-17(16)27-22-18/h12,15H,3-11H2,1-2H3. The van der Waals surface area contributed by atoms with Gasteiger partial charge in [-0.2, -0.15) is 0 Å². The summed E-state index contributed by atoms with van der Waals surface area (Å²) in [5.41, 5.74) is 3.06. The highest BCUT2D eigenvalue weighted by atomic mass is 16.5. The molecule has 1 fully saturated rings. The number of piperidine rings is 1. The van der Waals surface area contributed by atoms with E-state index in [1.54, 1.807) is 10.9 Å². The summed E-state index contributed by atoms with van der Waals surface area (Å²) in [5, 5.41) is 4.07. The summed E-state index contributed by atoms with van der Waals surface area (Å²) < 4.78 is 7.10. The van der Waals surface area contributed by atoms with E-state index in [4.69, 9.17) is 4.52 Å². The molecule has 2 aromatic heterocycles. The molecule has 2 aliphatic rings. The summed E-state index contributed by atoms with van der Waals surface area (Å²) in [6.07, 6.45) is 7.37. The van der Waals surface area contributed by atoms with Crippen LogP contribution in [-0.2, 0) is 19.4 Å². The third-order valence-corrected chi connectivity index (χ3v) is 6.02. The first-order chi connectivity index (χ1) is 13.0. The van der Waals surface area contributed by atoms with Gasteiger partial charge in [-0.25, -0.2) is 4.98 Å². The Kier molecular flexibility index (Phi) is 4.85. The molecule has 0 saturated carbocycles. The number of rotatable bonds is 3. The molecule has 0 spiro atoms. The molecule has 27 heavy (non-hydrogen) atoms. The van der Waals surface area contributed by atoms with Gasteiger partial charge in [0.1, 0.15) is 5.76 Å².